The number of likely N-dealkylation sites (tertiary alicyclic amines) is 1. The molecule has 1 heterocycles. The first-order chi connectivity index (χ1) is 7.29. The van der Waals surface area contributed by atoms with Crippen LogP contribution in [0.25, 0.3) is 0 Å². The Morgan fingerprint density at radius 1 is 1.25 bits per heavy atom. The second-order valence-corrected chi connectivity index (χ2v) is 6.46. The highest BCUT2D eigenvalue weighted by atomic mass is 16.3. The number of β-amino-alcohol motifs (C(OH)–C–C–N with tert-alkyl or cyclic N) is 1. The molecule has 2 heteroatoms. The summed E-state index contributed by atoms with van der Waals surface area (Å²) in [5.41, 5.74) is 0.000143. The molecule has 1 rings (SSSR count). The molecule has 0 aliphatic carbocycles. The Balaban J connectivity index is 2.50. The monoisotopic (exact) mass is 227 g/mol. The van der Waals surface area contributed by atoms with E-state index in [1.165, 1.54) is 19.3 Å². The molecule has 16 heavy (non-hydrogen) atoms. The van der Waals surface area contributed by atoms with Gasteiger partial charge in [-0.2, -0.15) is 0 Å². The van der Waals surface area contributed by atoms with Crippen LogP contribution in [0.2, 0.25) is 0 Å². The molecule has 0 spiro atoms. The molecule has 0 unspecified atom stereocenters. The van der Waals surface area contributed by atoms with Crippen molar-refractivity contribution in [2.24, 2.45) is 11.3 Å². The van der Waals surface area contributed by atoms with E-state index in [4.69, 9.17) is 0 Å². The van der Waals surface area contributed by atoms with Gasteiger partial charge in [0.2, 0.25) is 0 Å². The first kappa shape index (κ1) is 14.0. The zero-order valence-electron chi connectivity index (χ0n) is 11.7. The molecule has 0 aromatic rings. The molecule has 1 fully saturated rings. The summed E-state index contributed by atoms with van der Waals surface area (Å²) in [4.78, 5) is 2.41. The highest BCUT2D eigenvalue weighted by molar-refractivity contribution is 4.88. The largest absolute Gasteiger partial charge is 0.389 e. The predicted molar refractivity (Wildman–Crippen MR) is 69.5 cm³/mol. The van der Waals surface area contributed by atoms with E-state index >= 15 is 0 Å². The van der Waals surface area contributed by atoms with Gasteiger partial charge in [0.1, 0.15) is 0 Å². The second-order valence-electron chi connectivity index (χ2n) is 6.46. The van der Waals surface area contributed by atoms with Crippen molar-refractivity contribution in [1.82, 2.24) is 4.90 Å². The van der Waals surface area contributed by atoms with E-state index in [2.05, 4.69) is 25.7 Å². The highest BCUT2D eigenvalue weighted by Crippen LogP contribution is 2.41. The summed E-state index contributed by atoms with van der Waals surface area (Å²) in [6.45, 7) is 13.9. The second kappa shape index (κ2) is 5.05. The maximum Gasteiger partial charge on any atom is 0.0718 e. The highest BCUT2D eigenvalue weighted by Gasteiger charge is 2.36. The Morgan fingerprint density at radius 3 is 2.06 bits per heavy atom. The number of nitrogens with zero attached hydrogens (tertiary/aromatic N) is 1. The van der Waals surface area contributed by atoms with Crippen LogP contribution in [0.5, 0.6) is 0 Å². The minimum absolute atomic E-state index is 0.552. The summed E-state index contributed by atoms with van der Waals surface area (Å²) in [6.07, 6.45) is 3.87. The molecular weight excluding hydrogens is 198 g/mol. The molecule has 0 aromatic carbocycles. The molecule has 1 saturated heterocycles. The van der Waals surface area contributed by atoms with E-state index in [-0.39, 0.29) is 0 Å². The number of aliphatic hydroxyl groups is 1. The fraction of sp³-hybridized carbons (Fsp3) is 1.00. The first-order valence-electron chi connectivity index (χ1n) is 6.74. The molecular formula is C14H29NO. The summed E-state index contributed by atoms with van der Waals surface area (Å²) in [5, 5.41) is 9.82. The van der Waals surface area contributed by atoms with Crippen molar-refractivity contribution in [3.8, 4) is 0 Å². The molecule has 1 aliphatic heterocycles. The van der Waals surface area contributed by atoms with Crippen LogP contribution in [0, 0.1) is 11.3 Å². The van der Waals surface area contributed by atoms with Crippen molar-refractivity contribution in [3.63, 3.8) is 0 Å². The van der Waals surface area contributed by atoms with E-state index in [9.17, 15) is 5.11 Å². The minimum atomic E-state index is -0.552. The van der Waals surface area contributed by atoms with Gasteiger partial charge >= 0.3 is 0 Å². The molecule has 0 radical (unpaired) electrons. The topological polar surface area (TPSA) is 23.5 Å². The molecule has 1 aliphatic rings. The average Bonchev–Trinajstić information content (AvgIpc) is 2.16. The zero-order chi connectivity index (χ0) is 12.4. The Bertz CT molecular complexity index is 209. The molecule has 0 bridgehead atoms. The molecule has 96 valence electrons. The van der Waals surface area contributed by atoms with Crippen LogP contribution >= 0.6 is 0 Å². The van der Waals surface area contributed by atoms with Crippen molar-refractivity contribution in [1.29, 1.82) is 0 Å². The Morgan fingerprint density at radius 2 is 1.75 bits per heavy atom. The van der Waals surface area contributed by atoms with Gasteiger partial charge in [0.05, 0.1) is 5.60 Å². The normalized spacial score (nSPS) is 22.7. The Kier molecular flexibility index (Phi) is 4.42. The minimum Gasteiger partial charge on any atom is -0.389 e. The van der Waals surface area contributed by atoms with Gasteiger partial charge in [-0.05, 0) is 51.1 Å². The lowest BCUT2D eigenvalue weighted by atomic mass is 9.68. The van der Waals surface area contributed by atoms with Crippen LogP contribution in [0.3, 0.4) is 0 Å². The maximum absolute atomic E-state index is 9.82. The zero-order valence-corrected chi connectivity index (χ0v) is 11.7. The van der Waals surface area contributed by atoms with Crippen LogP contribution < -0.4 is 0 Å². The smallest absolute Gasteiger partial charge is 0.0718 e. The summed E-state index contributed by atoms with van der Waals surface area (Å²) in [5.74, 6) is 0.779. The van der Waals surface area contributed by atoms with Crippen LogP contribution in [0.15, 0.2) is 0 Å². The van der Waals surface area contributed by atoms with Gasteiger partial charge in [0.25, 0.3) is 0 Å². The fourth-order valence-corrected chi connectivity index (χ4v) is 3.04. The van der Waals surface area contributed by atoms with E-state index in [0.717, 1.165) is 25.6 Å². The molecule has 1 N–H and O–H groups in total. The standard InChI is InChI=1S/C14H29NO/c1-6-14(12(2)3)7-9-15(10-8-14)11-13(4,5)16/h12,16H,6-11H2,1-5H3. The Labute approximate surface area is 101 Å². The summed E-state index contributed by atoms with van der Waals surface area (Å²) in [7, 11) is 0. The van der Waals surface area contributed by atoms with Crippen molar-refractivity contribution in [2.45, 2.75) is 59.5 Å². The van der Waals surface area contributed by atoms with Crippen molar-refractivity contribution in [3.05, 3.63) is 0 Å². The lowest BCUT2D eigenvalue weighted by molar-refractivity contribution is -0.00257. The quantitative estimate of drug-likeness (QED) is 0.798. The van der Waals surface area contributed by atoms with Gasteiger partial charge in [0.15, 0.2) is 0 Å². The van der Waals surface area contributed by atoms with Crippen LogP contribution in [-0.2, 0) is 0 Å². The molecule has 0 aromatic heterocycles. The van der Waals surface area contributed by atoms with E-state index in [1.807, 2.05) is 13.8 Å². The van der Waals surface area contributed by atoms with Crippen molar-refractivity contribution >= 4 is 0 Å². The lowest BCUT2D eigenvalue weighted by Crippen LogP contribution is -2.47. The summed E-state index contributed by atoms with van der Waals surface area (Å²) in [6, 6.07) is 0. The van der Waals surface area contributed by atoms with Gasteiger partial charge in [-0.3, -0.25) is 0 Å². The molecule has 0 atom stereocenters. The number of hydrogen-bond acceptors (Lipinski definition) is 2. The van der Waals surface area contributed by atoms with Crippen molar-refractivity contribution in [2.75, 3.05) is 19.6 Å². The molecule has 0 saturated carbocycles. The van der Waals surface area contributed by atoms with Crippen LogP contribution in [-0.4, -0.2) is 35.2 Å². The fourth-order valence-electron chi connectivity index (χ4n) is 3.04. The van der Waals surface area contributed by atoms with E-state index in [1.54, 1.807) is 0 Å². The molecule has 0 amide bonds. The third-order valence-corrected chi connectivity index (χ3v) is 4.39. The summed E-state index contributed by atoms with van der Waals surface area (Å²) < 4.78 is 0. The summed E-state index contributed by atoms with van der Waals surface area (Å²) >= 11 is 0. The first-order valence-corrected chi connectivity index (χ1v) is 6.74. The molecule has 2 nitrogen and oxygen atoms in total. The SMILES string of the molecule is CCC1(C(C)C)CCN(CC(C)(C)O)CC1. The van der Waals surface area contributed by atoms with Gasteiger partial charge in [-0.25, -0.2) is 0 Å². The maximum atomic E-state index is 9.82. The van der Waals surface area contributed by atoms with Gasteiger partial charge in [-0.15, -0.1) is 0 Å². The average molecular weight is 227 g/mol. The number of hydrogen-bond donors (Lipinski definition) is 1. The van der Waals surface area contributed by atoms with Crippen LogP contribution in [0.4, 0.5) is 0 Å². The van der Waals surface area contributed by atoms with Crippen LogP contribution in [0.1, 0.15) is 53.9 Å². The van der Waals surface area contributed by atoms with E-state index in [0.29, 0.717) is 5.41 Å². The predicted octanol–water partition coefficient (Wildman–Crippen LogP) is 2.91. The number of piperidine rings is 1. The number of rotatable bonds is 4. The Hall–Kier alpha value is -0.0800. The van der Waals surface area contributed by atoms with Gasteiger partial charge in [0, 0.05) is 6.54 Å². The van der Waals surface area contributed by atoms with E-state index < -0.39 is 5.60 Å². The van der Waals surface area contributed by atoms with Crippen molar-refractivity contribution < 1.29 is 5.11 Å². The van der Waals surface area contributed by atoms with Gasteiger partial charge in [-0.1, -0.05) is 27.2 Å². The lowest BCUT2D eigenvalue weighted by Gasteiger charge is -2.45. The third kappa shape index (κ3) is 3.46. The van der Waals surface area contributed by atoms with Gasteiger partial charge < -0.3 is 10.0 Å². The third-order valence-electron chi connectivity index (χ3n) is 4.39.